The summed E-state index contributed by atoms with van der Waals surface area (Å²) in [6.45, 7) is 4.39. The zero-order chi connectivity index (χ0) is 13.8. The number of anilines is 2. The van der Waals surface area contributed by atoms with E-state index < -0.39 is 21.3 Å². The largest absolute Gasteiger partial charge is 0.468 e. The molecule has 0 aromatic carbocycles. The molecule has 9 heteroatoms. The molecule has 0 atom stereocenters. The van der Waals surface area contributed by atoms with E-state index in [1.807, 2.05) is 3.11 Å². The summed E-state index contributed by atoms with van der Waals surface area (Å²) in [7, 11) is 1.35. The lowest BCUT2D eigenvalue weighted by Crippen LogP contribution is -2.11. The number of hydrogen-bond acceptors (Lipinski definition) is 8. The van der Waals surface area contributed by atoms with E-state index >= 15 is 0 Å². The Morgan fingerprint density at radius 2 is 2.42 bits per heavy atom. The molecule has 0 amide bonds. The number of nitrogen functional groups attached to an aromatic ring is 1. The number of fused-ring (bicyclic) bond motifs is 1. The average molecular weight is 393 g/mol. The van der Waals surface area contributed by atoms with Gasteiger partial charge in [-0.05, 0) is 0 Å². The van der Waals surface area contributed by atoms with Gasteiger partial charge >= 0.3 is 5.97 Å². The van der Waals surface area contributed by atoms with Crippen LogP contribution >= 0.6 is 33.1 Å². The Bertz CT molecular complexity index is 551. The summed E-state index contributed by atoms with van der Waals surface area (Å²) in [5.41, 5.74) is 6.42. The number of hydrogen-bond donors (Lipinski definition) is 1. The molecule has 0 saturated heterocycles. The van der Waals surface area contributed by atoms with Crippen LogP contribution in [0.5, 0.6) is 0 Å². The average Bonchev–Trinajstić information content (AvgIpc) is 2.79. The van der Waals surface area contributed by atoms with Crippen LogP contribution in [0.25, 0.3) is 0 Å². The molecule has 0 fully saturated rings. The van der Waals surface area contributed by atoms with Crippen LogP contribution in [-0.2, 0) is 9.53 Å². The number of rotatable bonds is 5. The van der Waals surface area contributed by atoms with E-state index in [2.05, 4.69) is 24.4 Å². The van der Waals surface area contributed by atoms with E-state index in [-0.39, 0.29) is 17.7 Å². The van der Waals surface area contributed by atoms with Crippen molar-refractivity contribution in [3.05, 3.63) is 12.7 Å². The fourth-order valence-electron chi connectivity index (χ4n) is 1.32. The van der Waals surface area contributed by atoms with Gasteiger partial charge in [0.1, 0.15) is 32.0 Å². The van der Waals surface area contributed by atoms with E-state index in [4.69, 9.17) is 5.73 Å². The number of ether oxygens (including phenoxy) is 1. The zero-order valence-corrected chi connectivity index (χ0v) is 13.1. The maximum absolute atomic E-state index is 11.2. The number of esters is 1. The summed E-state index contributed by atoms with van der Waals surface area (Å²) in [4.78, 5) is 19.5. The molecule has 1 aliphatic rings. The standard InChI is InChI=1S/C10H12IN5O2S/c1-3-4-16-8-7(15-11-16)9(14-10(12)13-8)19-5-6(17)18-2/h3H,1,4-5H2,2H3,(H2,12,13,14). The Kier molecular flexibility index (Phi) is 4.69. The van der Waals surface area contributed by atoms with Crippen LogP contribution in [0.15, 0.2) is 20.8 Å². The molecule has 19 heavy (non-hydrogen) atoms. The van der Waals surface area contributed by atoms with Gasteiger partial charge in [0, 0.05) is 6.54 Å². The molecule has 1 aliphatic heterocycles. The van der Waals surface area contributed by atoms with Gasteiger partial charge in [0.25, 0.3) is 0 Å². The molecule has 0 spiro atoms. The van der Waals surface area contributed by atoms with Crippen LogP contribution in [0.2, 0.25) is 0 Å². The number of carbonyl (C=O) groups is 1. The Labute approximate surface area is 125 Å². The highest BCUT2D eigenvalue weighted by Crippen LogP contribution is 2.45. The topological polar surface area (TPSA) is 93.7 Å². The molecular weight excluding hydrogens is 381 g/mol. The number of methoxy groups -OCH3 is 1. The molecule has 7 nitrogen and oxygen atoms in total. The number of thioether (sulfide) groups is 1. The van der Waals surface area contributed by atoms with Crippen LogP contribution in [0, 0.1) is 0 Å². The number of carbonyl (C=O) groups excluding carboxylic acids is 1. The summed E-state index contributed by atoms with van der Waals surface area (Å²) >= 11 is 0.738. The smallest absolute Gasteiger partial charge is 0.316 e. The molecule has 0 unspecified atom stereocenters. The number of halogens is 1. The lowest BCUT2D eigenvalue weighted by Gasteiger charge is -2.12. The second kappa shape index (κ2) is 6.28. The monoisotopic (exact) mass is 393 g/mol. The maximum atomic E-state index is 11.2. The fraction of sp³-hybridized carbons (Fsp3) is 0.300. The molecule has 2 rings (SSSR count). The highest BCUT2D eigenvalue weighted by molar-refractivity contribution is 14.2. The van der Waals surface area contributed by atoms with Crippen molar-refractivity contribution >= 4 is 56.5 Å². The summed E-state index contributed by atoms with van der Waals surface area (Å²) < 4.78 is 11.1. The van der Waals surface area contributed by atoms with Crippen molar-refractivity contribution < 1.29 is 9.53 Å². The number of aromatic nitrogens is 2. The molecule has 0 bridgehead atoms. The van der Waals surface area contributed by atoms with Gasteiger partial charge in [-0.15, -0.1) is 6.58 Å². The highest BCUT2D eigenvalue weighted by atomic mass is 127. The quantitative estimate of drug-likeness (QED) is 0.204. The van der Waals surface area contributed by atoms with E-state index in [1.54, 1.807) is 6.08 Å². The molecule has 2 heterocycles. The molecule has 1 aromatic rings. The van der Waals surface area contributed by atoms with Crippen LogP contribution < -0.4 is 8.85 Å². The van der Waals surface area contributed by atoms with Gasteiger partial charge in [0.2, 0.25) is 5.95 Å². The minimum atomic E-state index is -0.521. The van der Waals surface area contributed by atoms with Gasteiger partial charge in [0.05, 0.1) is 12.9 Å². The first-order valence-electron chi connectivity index (χ1n) is 5.26. The normalized spacial score (nSPS) is 12.8. The summed E-state index contributed by atoms with van der Waals surface area (Å²) in [6.07, 6.45) is 1.80. The molecule has 0 radical (unpaired) electrons. The lowest BCUT2D eigenvalue weighted by molar-refractivity contribution is -0.137. The van der Waals surface area contributed by atoms with Crippen molar-refractivity contribution in [2.45, 2.75) is 5.03 Å². The Morgan fingerprint density at radius 1 is 1.63 bits per heavy atom. The molecular formula is C10H12IN5O2S. The van der Waals surface area contributed by atoms with Gasteiger partial charge < -0.3 is 10.5 Å². The van der Waals surface area contributed by atoms with Crippen molar-refractivity contribution in [2.24, 2.45) is 3.15 Å². The van der Waals surface area contributed by atoms with Gasteiger partial charge in [-0.25, -0.2) is 4.98 Å². The molecule has 0 saturated carbocycles. The maximum Gasteiger partial charge on any atom is 0.316 e. The van der Waals surface area contributed by atoms with Crippen LogP contribution in [0.3, 0.4) is 0 Å². The van der Waals surface area contributed by atoms with Crippen LogP contribution in [0.1, 0.15) is 0 Å². The predicted octanol–water partition coefficient (Wildman–Crippen LogP) is 2.03. The predicted molar refractivity (Wildman–Crippen MR) is 82.8 cm³/mol. The Balaban J connectivity index is 2.26. The first kappa shape index (κ1) is 14.2. The first-order chi connectivity index (χ1) is 9.15. The summed E-state index contributed by atoms with van der Waals surface area (Å²) in [5, 5.41) is 0.624. The molecule has 1 aromatic heterocycles. The fourth-order valence-corrected chi connectivity index (χ4v) is 4.20. The van der Waals surface area contributed by atoms with Crippen molar-refractivity contribution in [3.8, 4) is 0 Å². The third-order valence-electron chi connectivity index (χ3n) is 2.14. The molecule has 2 N–H and O–H groups in total. The summed E-state index contributed by atoms with van der Waals surface area (Å²) in [6, 6.07) is 0. The van der Waals surface area contributed by atoms with Crippen LogP contribution in [0.4, 0.5) is 17.5 Å². The van der Waals surface area contributed by atoms with E-state index in [9.17, 15) is 4.79 Å². The number of nitrogens with zero attached hydrogens (tertiary/aromatic N) is 4. The molecule has 0 aliphatic carbocycles. The second-order valence-electron chi connectivity index (χ2n) is 3.42. The minimum Gasteiger partial charge on any atom is -0.468 e. The van der Waals surface area contributed by atoms with E-state index in [0.717, 1.165) is 11.5 Å². The van der Waals surface area contributed by atoms with Crippen LogP contribution in [-0.4, -0.2) is 35.3 Å². The van der Waals surface area contributed by atoms with Gasteiger partial charge in [-0.1, -0.05) is 17.8 Å². The Hall–Kier alpha value is -1.23. The van der Waals surface area contributed by atoms with E-state index in [1.165, 1.54) is 18.9 Å². The van der Waals surface area contributed by atoms with Crippen molar-refractivity contribution in [1.82, 2.24) is 9.97 Å². The lowest BCUT2D eigenvalue weighted by atomic mass is 10.4. The van der Waals surface area contributed by atoms with Crippen molar-refractivity contribution in [2.75, 3.05) is 28.3 Å². The van der Waals surface area contributed by atoms with Gasteiger partial charge in [-0.2, -0.15) is 8.13 Å². The third kappa shape index (κ3) is 3.21. The summed E-state index contributed by atoms with van der Waals surface area (Å²) in [5.74, 6) is 0.773. The SMILES string of the molecule is C=CCN1I=Nc2c(SCC(=O)OC)nc(N)nc21. The highest BCUT2D eigenvalue weighted by Gasteiger charge is 2.23. The van der Waals surface area contributed by atoms with E-state index in [0.29, 0.717) is 11.6 Å². The Morgan fingerprint density at radius 3 is 3.11 bits per heavy atom. The molecule has 102 valence electrons. The zero-order valence-electron chi connectivity index (χ0n) is 10.2. The minimum absolute atomic E-state index is 0.175. The number of nitrogens with two attached hydrogens (primary N) is 1. The van der Waals surface area contributed by atoms with Gasteiger partial charge in [0.15, 0.2) is 5.82 Å². The second-order valence-corrected chi connectivity index (χ2v) is 6.46. The van der Waals surface area contributed by atoms with Gasteiger partial charge in [-0.3, -0.25) is 7.91 Å². The van der Waals surface area contributed by atoms with Crippen molar-refractivity contribution in [3.63, 3.8) is 0 Å². The first-order valence-corrected chi connectivity index (χ1v) is 8.18. The third-order valence-corrected chi connectivity index (χ3v) is 5.15. The van der Waals surface area contributed by atoms with Crippen molar-refractivity contribution in [1.29, 1.82) is 0 Å².